The molecule has 1 aliphatic carbocycles. The first-order valence-corrected chi connectivity index (χ1v) is 8.45. The summed E-state index contributed by atoms with van der Waals surface area (Å²) in [6.07, 6.45) is 4.05. The molecule has 114 valence electrons. The van der Waals surface area contributed by atoms with Gasteiger partial charge in [0.05, 0.1) is 0 Å². The van der Waals surface area contributed by atoms with Gasteiger partial charge in [-0.25, -0.2) is 0 Å². The van der Waals surface area contributed by atoms with Crippen LogP contribution >= 0.6 is 11.6 Å². The van der Waals surface area contributed by atoms with Gasteiger partial charge >= 0.3 is 0 Å². The number of nitrogens with zero attached hydrogens (tertiary/aromatic N) is 2. The Balaban J connectivity index is 1.70. The Morgan fingerprint density at radius 1 is 1.19 bits per heavy atom. The van der Waals surface area contributed by atoms with Crippen LogP contribution in [0.2, 0.25) is 0 Å². The highest BCUT2D eigenvalue weighted by Crippen LogP contribution is 2.29. The lowest BCUT2D eigenvalue weighted by atomic mass is 10.0. The second kappa shape index (κ2) is 6.80. The maximum Gasteiger partial charge on any atom is 0.224 e. The van der Waals surface area contributed by atoms with Crippen molar-refractivity contribution in [2.75, 3.05) is 25.5 Å². The van der Waals surface area contributed by atoms with Crippen LogP contribution in [0.5, 0.6) is 0 Å². The van der Waals surface area contributed by atoms with Gasteiger partial charge in [0.1, 0.15) is 0 Å². The van der Waals surface area contributed by atoms with Crippen LogP contribution in [0.25, 0.3) is 0 Å². The van der Waals surface area contributed by atoms with E-state index in [1.165, 1.54) is 18.4 Å². The number of piperazine rings is 1. The van der Waals surface area contributed by atoms with Crippen molar-refractivity contribution >= 4 is 17.5 Å². The van der Waals surface area contributed by atoms with Crippen LogP contribution in [0.1, 0.15) is 24.8 Å². The molecule has 2 aliphatic rings. The second-order valence-corrected chi connectivity index (χ2v) is 6.47. The van der Waals surface area contributed by atoms with Gasteiger partial charge in [0, 0.05) is 44.0 Å². The summed E-state index contributed by atoms with van der Waals surface area (Å²) in [6, 6.07) is 11.5. The van der Waals surface area contributed by atoms with Crippen molar-refractivity contribution < 1.29 is 4.79 Å². The predicted molar refractivity (Wildman–Crippen MR) is 85.6 cm³/mol. The summed E-state index contributed by atoms with van der Waals surface area (Å²) < 4.78 is 0. The molecule has 0 radical (unpaired) electrons. The van der Waals surface area contributed by atoms with Gasteiger partial charge in [0.25, 0.3) is 0 Å². The molecule has 1 amide bonds. The van der Waals surface area contributed by atoms with Crippen molar-refractivity contribution in [1.82, 2.24) is 9.80 Å². The lowest BCUT2D eigenvalue weighted by molar-refractivity contribution is -0.135. The zero-order valence-electron chi connectivity index (χ0n) is 12.4. The number of halogens is 1. The SMILES string of the molecule is O=C(CCCl)N1CCN(C2CC2)CC1Cc1ccccc1. The minimum absolute atomic E-state index is 0.210. The molecule has 0 bridgehead atoms. The lowest BCUT2D eigenvalue weighted by Crippen LogP contribution is -2.56. The Hall–Kier alpha value is -1.06. The van der Waals surface area contributed by atoms with Crippen LogP contribution in [-0.2, 0) is 11.2 Å². The molecule has 2 fully saturated rings. The van der Waals surface area contributed by atoms with E-state index in [2.05, 4.69) is 34.1 Å². The molecule has 1 aromatic rings. The van der Waals surface area contributed by atoms with E-state index < -0.39 is 0 Å². The van der Waals surface area contributed by atoms with Crippen LogP contribution in [0.15, 0.2) is 30.3 Å². The van der Waals surface area contributed by atoms with E-state index in [-0.39, 0.29) is 11.9 Å². The number of carbonyl (C=O) groups excluding carboxylic acids is 1. The summed E-state index contributed by atoms with van der Waals surface area (Å²) in [5.74, 6) is 0.626. The fourth-order valence-electron chi connectivity index (χ4n) is 3.26. The third kappa shape index (κ3) is 3.78. The van der Waals surface area contributed by atoms with E-state index >= 15 is 0 Å². The van der Waals surface area contributed by atoms with Gasteiger partial charge in [-0.15, -0.1) is 11.6 Å². The first-order valence-electron chi connectivity index (χ1n) is 7.91. The molecular weight excluding hydrogens is 284 g/mol. The maximum absolute atomic E-state index is 12.3. The van der Waals surface area contributed by atoms with E-state index in [4.69, 9.17) is 11.6 Å². The van der Waals surface area contributed by atoms with Crippen molar-refractivity contribution in [3.63, 3.8) is 0 Å². The number of benzene rings is 1. The van der Waals surface area contributed by atoms with Crippen LogP contribution in [0.4, 0.5) is 0 Å². The molecule has 0 spiro atoms. The van der Waals surface area contributed by atoms with Crippen molar-refractivity contribution in [3.05, 3.63) is 35.9 Å². The Bertz CT molecular complexity index is 475. The van der Waals surface area contributed by atoms with Gasteiger partial charge in [0.2, 0.25) is 5.91 Å². The molecular formula is C17H23ClN2O. The van der Waals surface area contributed by atoms with E-state index in [0.29, 0.717) is 12.3 Å². The van der Waals surface area contributed by atoms with Crippen LogP contribution < -0.4 is 0 Å². The fourth-order valence-corrected chi connectivity index (χ4v) is 3.43. The molecule has 21 heavy (non-hydrogen) atoms. The third-order valence-electron chi connectivity index (χ3n) is 4.52. The Morgan fingerprint density at radius 3 is 2.62 bits per heavy atom. The molecule has 3 rings (SSSR count). The van der Waals surface area contributed by atoms with Gasteiger partial charge < -0.3 is 4.90 Å². The van der Waals surface area contributed by atoms with Crippen LogP contribution in [0.3, 0.4) is 0 Å². The first-order chi connectivity index (χ1) is 10.3. The normalized spacial score (nSPS) is 23.3. The first kappa shape index (κ1) is 14.9. The van der Waals surface area contributed by atoms with Crippen LogP contribution in [0, 0.1) is 0 Å². The Morgan fingerprint density at radius 2 is 1.95 bits per heavy atom. The summed E-state index contributed by atoms with van der Waals surface area (Å²) in [5.41, 5.74) is 1.31. The quantitative estimate of drug-likeness (QED) is 0.781. The molecule has 0 aromatic heterocycles. The van der Waals surface area contributed by atoms with E-state index in [1.807, 2.05) is 6.07 Å². The zero-order valence-corrected chi connectivity index (χ0v) is 13.1. The Labute approximate surface area is 131 Å². The molecule has 1 saturated heterocycles. The third-order valence-corrected chi connectivity index (χ3v) is 4.71. The molecule has 1 unspecified atom stereocenters. The van der Waals surface area contributed by atoms with Crippen molar-refractivity contribution in [2.24, 2.45) is 0 Å². The fraction of sp³-hybridized carbons (Fsp3) is 0.588. The summed E-state index contributed by atoms with van der Waals surface area (Å²) >= 11 is 5.75. The largest absolute Gasteiger partial charge is 0.337 e. The highest BCUT2D eigenvalue weighted by atomic mass is 35.5. The summed E-state index contributed by atoms with van der Waals surface area (Å²) in [4.78, 5) is 16.9. The summed E-state index contributed by atoms with van der Waals surface area (Å²) in [5, 5.41) is 0. The smallest absolute Gasteiger partial charge is 0.224 e. The molecule has 1 saturated carbocycles. The molecule has 1 aromatic carbocycles. The highest BCUT2D eigenvalue weighted by molar-refractivity contribution is 6.18. The predicted octanol–water partition coefficient (Wildman–Crippen LogP) is 2.53. The van der Waals surface area contributed by atoms with Gasteiger partial charge in [-0.05, 0) is 24.8 Å². The van der Waals surface area contributed by atoms with Gasteiger partial charge in [-0.3, -0.25) is 9.69 Å². The topological polar surface area (TPSA) is 23.6 Å². The standard InChI is InChI=1S/C17H23ClN2O/c18-9-8-17(21)20-11-10-19(15-6-7-15)13-16(20)12-14-4-2-1-3-5-14/h1-5,15-16H,6-13H2. The highest BCUT2D eigenvalue weighted by Gasteiger charge is 2.36. The minimum Gasteiger partial charge on any atom is -0.337 e. The summed E-state index contributed by atoms with van der Waals surface area (Å²) in [6.45, 7) is 2.88. The average molecular weight is 307 g/mol. The number of rotatable bonds is 5. The number of carbonyl (C=O) groups is 1. The van der Waals surface area contributed by atoms with Gasteiger partial charge in [0.15, 0.2) is 0 Å². The molecule has 1 aliphatic heterocycles. The van der Waals surface area contributed by atoms with Gasteiger partial charge in [-0.1, -0.05) is 30.3 Å². The second-order valence-electron chi connectivity index (χ2n) is 6.10. The van der Waals surface area contributed by atoms with Crippen molar-refractivity contribution in [1.29, 1.82) is 0 Å². The van der Waals surface area contributed by atoms with Crippen LogP contribution in [-0.4, -0.2) is 53.3 Å². The zero-order chi connectivity index (χ0) is 14.7. The molecule has 3 nitrogen and oxygen atoms in total. The number of hydrogen-bond acceptors (Lipinski definition) is 2. The maximum atomic E-state index is 12.3. The lowest BCUT2D eigenvalue weighted by Gasteiger charge is -2.42. The number of amides is 1. The Kier molecular flexibility index (Phi) is 4.81. The van der Waals surface area contributed by atoms with E-state index in [9.17, 15) is 4.79 Å². The number of hydrogen-bond donors (Lipinski definition) is 0. The molecule has 0 N–H and O–H groups in total. The molecule has 1 heterocycles. The monoisotopic (exact) mass is 306 g/mol. The molecule has 1 atom stereocenters. The van der Waals surface area contributed by atoms with Crippen molar-refractivity contribution in [2.45, 2.75) is 37.8 Å². The number of alkyl halides is 1. The van der Waals surface area contributed by atoms with Crippen molar-refractivity contribution in [3.8, 4) is 0 Å². The summed E-state index contributed by atoms with van der Waals surface area (Å²) in [7, 11) is 0. The van der Waals surface area contributed by atoms with E-state index in [0.717, 1.165) is 32.1 Å². The minimum atomic E-state index is 0.210. The average Bonchev–Trinajstić information content (AvgIpc) is 3.33. The van der Waals surface area contributed by atoms with Gasteiger partial charge in [-0.2, -0.15) is 0 Å². The molecule has 4 heteroatoms. The van der Waals surface area contributed by atoms with E-state index in [1.54, 1.807) is 0 Å².